The Kier molecular flexibility index (Phi) is 16.9. The van der Waals surface area contributed by atoms with Gasteiger partial charge in [-0.3, -0.25) is 0 Å². The third-order valence-corrected chi connectivity index (χ3v) is 12.5. The predicted octanol–water partition coefficient (Wildman–Crippen LogP) is 18.2. The number of nitrogens with zero attached hydrogens (tertiary/aromatic N) is 1. The van der Waals surface area contributed by atoms with Crippen LogP contribution in [0.2, 0.25) is 0 Å². The topological polar surface area (TPSA) is 40.2 Å². The number of anilines is 3. The smallest absolute Gasteiger partial charge is 0.119 e. The molecule has 0 saturated carbocycles. The normalized spacial score (nSPS) is 11.7. The highest BCUT2D eigenvalue weighted by Gasteiger charge is 2.12. The summed E-state index contributed by atoms with van der Waals surface area (Å²) in [6, 6.07) is 73.5. The van der Waals surface area contributed by atoms with Gasteiger partial charge in [0.05, 0.1) is 28.4 Å². The molecule has 9 rings (SSSR count). The van der Waals surface area contributed by atoms with Gasteiger partial charge in [-0.2, -0.15) is 0 Å². The van der Waals surface area contributed by atoms with E-state index in [0.717, 1.165) is 107 Å². The molecule has 0 amide bonds. The maximum Gasteiger partial charge on any atom is 0.119 e. The highest BCUT2D eigenvalue weighted by atomic mass is 16.5. The summed E-state index contributed by atoms with van der Waals surface area (Å²) in [7, 11) is 6.76. The Morgan fingerprint density at radius 3 is 0.720 bits per heavy atom. The average molecular weight is 978 g/mol. The zero-order chi connectivity index (χ0) is 51.6. The van der Waals surface area contributed by atoms with Crippen LogP contribution < -0.4 is 23.8 Å². The Morgan fingerprint density at radius 1 is 0.213 bits per heavy atom. The molecule has 0 bridgehead atoms. The van der Waals surface area contributed by atoms with Crippen LogP contribution in [0.1, 0.15) is 66.8 Å². The fourth-order valence-corrected chi connectivity index (χ4v) is 8.61. The lowest BCUT2D eigenvalue weighted by atomic mass is 10.0. The van der Waals surface area contributed by atoms with Crippen LogP contribution in [0.25, 0.3) is 72.9 Å². The summed E-state index contributed by atoms with van der Waals surface area (Å²) in [4.78, 5) is 2.29. The summed E-state index contributed by atoms with van der Waals surface area (Å²) < 4.78 is 21.9. The van der Waals surface area contributed by atoms with E-state index in [1.54, 1.807) is 28.4 Å². The number of methoxy groups -OCH3 is 4. The lowest BCUT2D eigenvalue weighted by Crippen LogP contribution is -2.09. The first-order valence-corrected chi connectivity index (χ1v) is 24.9. The van der Waals surface area contributed by atoms with E-state index in [1.807, 2.05) is 72.8 Å². The zero-order valence-electron chi connectivity index (χ0n) is 42.7. The minimum Gasteiger partial charge on any atom is -0.497 e. The molecule has 0 aliphatic carbocycles. The van der Waals surface area contributed by atoms with Crippen molar-refractivity contribution in [1.82, 2.24) is 0 Å². The van der Waals surface area contributed by atoms with E-state index in [4.69, 9.17) is 18.9 Å². The Bertz CT molecular complexity index is 3160. The van der Waals surface area contributed by atoms with Gasteiger partial charge in [-0.1, -0.05) is 164 Å². The first kappa shape index (κ1) is 50.4. The van der Waals surface area contributed by atoms with Crippen LogP contribution in [0.5, 0.6) is 23.0 Å². The fourth-order valence-electron chi connectivity index (χ4n) is 8.61. The van der Waals surface area contributed by atoms with Crippen molar-refractivity contribution >= 4 is 90.0 Å². The molecule has 0 spiro atoms. The van der Waals surface area contributed by atoms with Gasteiger partial charge in [0.1, 0.15) is 23.0 Å². The Hall–Kier alpha value is -9.58. The summed E-state index contributed by atoms with van der Waals surface area (Å²) >= 11 is 0. The lowest BCUT2D eigenvalue weighted by molar-refractivity contribution is 0.414. The highest BCUT2D eigenvalue weighted by Crippen LogP contribution is 2.35. The molecule has 0 heterocycles. The van der Waals surface area contributed by atoms with E-state index in [9.17, 15) is 0 Å². The Balaban J connectivity index is 0.955. The van der Waals surface area contributed by atoms with Gasteiger partial charge in [0, 0.05) is 17.1 Å². The zero-order valence-corrected chi connectivity index (χ0v) is 42.7. The van der Waals surface area contributed by atoms with Crippen LogP contribution in [0.15, 0.2) is 212 Å². The van der Waals surface area contributed by atoms with Crippen molar-refractivity contribution in [3.8, 4) is 23.0 Å². The van der Waals surface area contributed by atoms with E-state index < -0.39 is 0 Å². The average Bonchev–Trinajstić information content (AvgIpc) is 3.47. The van der Waals surface area contributed by atoms with Crippen molar-refractivity contribution < 1.29 is 18.9 Å². The van der Waals surface area contributed by atoms with Crippen LogP contribution in [0.3, 0.4) is 0 Å². The number of benzene rings is 9. The van der Waals surface area contributed by atoms with Crippen molar-refractivity contribution in [1.29, 1.82) is 0 Å². The van der Waals surface area contributed by atoms with E-state index in [-0.39, 0.29) is 0 Å². The molecular formula is C70H59NO4. The number of hydrogen-bond acceptors (Lipinski definition) is 5. The third kappa shape index (κ3) is 14.3. The maximum absolute atomic E-state index is 5.47. The largest absolute Gasteiger partial charge is 0.497 e. The monoisotopic (exact) mass is 977 g/mol. The lowest BCUT2D eigenvalue weighted by Gasteiger charge is -2.25. The van der Waals surface area contributed by atoms with Crippen LogP contribution in [0, 0.1) is 0 Å². The second-order valence-electron chi connectivity index (χ2n) is 17.8. The van der Waals surface area contributed by atoms with E-state index in [2.05, 4.69) is 217 Å². The number of rotatable bonds is 19. The summed E-state index contributed by atoms with van der Waals surface area (Å²) in [5.74, 6) is 3.31. The first-order valence-electron chi connectivity index (χ1n) is 24.9. The van der Waals surface area contributed by atoms with Gasteiger partial charge < -0.3 is 23.8 Å². The molecule has 0 fully saturated rings. The predicted molar refractivity (Wildman–Crippen MR) is 320 cm³/mol. The quantitative estimate of drug-likeness (QED) is 0.0755. The highest BCUT2D eigenvalue weighted by molar-refractivity contribution is 5.83. The molecule has 0 aromatic heterocycles. The molecular weight excluding hydrogens is 919 g/mol. The molecule has 0 atom stereocenters. The van der Waals surface area contributed by atoms with Gasteiger partial charge in [-0.15, -0.1) is 0 Å². The molecule has 0 aliphatic heterocycles. The van der Waals surface area contributed by atoms with Gasteiger partial charge >= 0.3 is 0 Å². The van der Waals surface area contributed by atoms with Gasteiger partial charge in [0.15, 0.2) is 0 Å². The molecule has 5 heteroatoms. The van der Waals surface area contributed by atoms with Crippen molar-refractivity contribution in [2.45, 2.75) is 0 Å². The summed E-state index contributed by atoms with van der Waals surface area (Å²) in [5, 5.41) is 0. The molecule has 0 saturated heterocycles. The molecule has 5 nitrogen and oxygen atoms in total. The second-order valence-corrected chi connectivity index (χ2v) is 17.8. The van der Waals surface area contributed by atoms with Crippen molar-refractivity contribution in [3.05, 3.63) is 279 Å². The van der Waals surface area contributed by atoms with Crippen LogP contribution in [-0.4, -0.2) is 28.4 Å². The van der Waals surface area contributed by atoms with Crippen LogP contribution >= 0.6 is 0 Å². The number of para-hydroxylation sites is 1. The molecule has 0 unspecified atom stereocenters. The van der Waals surface area contributed by atoms with E-state index in [1.165, 1.54) is 0 Å². The van der Waals surface area contributed by atoms with Crippen molar-refractivity contribution in [2.24, 2.45) is 0 Å². The summed E-state index contributed by atoms with van der Waals surface area (Å²) in [6.07, 6.45) is 25.8. The molecule has 9 aromatic rings. The van der Waals surface area contributed by atoms with Crippen molar-refractivity contribution in [3.63, 3.8) is 0 Å². The van der Waals surface area contributed by atoms with Crippen molar-refractivity contribution in [2.75, 3.05) is 33.3 Å². The summed E-state index contributed by atoms with van der Waals surface area (Å²) in [6.45, 7) is 0. The van der Waals surface area contributed by atoms with Gasteiger partial charge in [-0.05, 0) is 188 Å². The second kappa shape index (κ2) is 25.2. The number of hydrogen-bond donors (Lipinski definition) is 0. The third-order valence-electron chi connectivity index (χ3n) is 12.5. The number of ether oxygens (including phenoxy) is 4. The van der Waals surface area contributed by atoms with Gasteiger partial charge in [-0.25, -0.2) is 0 Å². The molecule has 0 radical (unpaired) electrons. The Morgan fingerprint density at radius 2 is 0.453 bits per heavy atom. The fraction of sp³-hybridized carbons (Fsp3) is 0.0571. The van der Waals surface area contributed by atoms with Gasteiger partial charge in [0.2, 0.25) is 0 Å². The SMILES string of the molecule is COc1cccc(/C=C/c2cc(/C=C/c3ccc(N(c4ccccc4)c4ccc(/C=C/c5cc(/C=C/c6cccc(OC)c6)cc(/C=C/c6cccc(OC)c6)c5)cc4)cc3)cc(/C=C/c3cccc(OC)c3)c2)c1. The molecule has 9 aromatic carbocycles. The minimum absolute atomic E-state index is 0.828. The molecule has 368 valence electrons. The molecule has 0 aliphatic rings. The maximum atomic E-state index is 5.47. The van der Waals surface area contributed by atoms with Crippen LogP contribution in [-0.2, 0) is 0 Å². The standard InChI is InChI=1S/C70H59NO4/c1-72-67-18-8-12-54(48-67)24-30-60-42-58(43-61(46-60)31-25-55-13-9-19-68(49-55)73-2)28-22-52-34-38-65(39-35-52)71(64-16-6-5-7-17-64)66-40-36-53(37-41-66)23-29-59-44-62(32-26-56-14-10-20-69(50-56)74-3)47-63(45-59)33-27-57-15-11-21-70(51-57)75-4/h5-51H,1-4H3/b28-22+,29-23+,30-24+,31-25+,32-26+,33-27+. The van der Waals surface area contributed by atoms with Gasteiger partial charge in [0.25, 0.3) is 0 Å². The van der Waals surface area contributed by atoms with Crippen LogP contribution in [0.4, 0.5) is 17.1 Å². The van der Waals surface area contributed by atoms with E-state index >= 15 is 0 Å². The Labute approximate surface area is 442 Å². The summed E-state index contributed by atoms with van der Waals surface area (Å²) in [5.41, 5.74) is 16.2. The first-order chi connectivity index (χ1) is 36.9. The molecule has 0 N–H and O–H groups in total. The minimum atomic E-state index is 0.828. The molecule has 75 heavy (non-hydrogen) atoms. The van der Waals surface area contributed by atoms with E-state index in [0.29, 0.717) is 0 Å².